The fraction of sp³-hybridized carbons (Fsp3) is 0.0714. The summed E-state index contributed by atoms with van der Waals surface area (Å²) in [6.07, 6.45) is 5.20. The van der Waals surface area contributed by atoms with Gasteiger partial charge in [0.2, 0.25) is 0 Å². The van der Waals surface area contributed by atoms with Crippen LogP contribution in [0.1, 0.15) is 5.56 Å². The number of anilines is 3. The fourth-order valence-electron chi connectivity index (χ4n) is 2.01. The van der Waals surface area contributed by atoms with Crippen LogP contribution >= 0.6 is 0 Å². The van der Waals surface area contributed by atoms with E-state index in [9.17, 15) is 4.39 Å². The third-order valence-electron chi connectivity index (χ3n) is 3.01. The molecule has 2 N–H and O–H groups in total. The highest BCUT2D eigenvalue weighted by Crippen LogP contribution is 2.24. The van der Waals surface area contributed by atoms with E-state index in [1.165, 1.54) is 12.1 Å². The van der Waals surface area contributed by atoms with E-state index in [4.69, 9.17) is 5.26 Å². The predicted octanol–water partition coefficient (Wildman–Crippen LogP) is 2.53. The van der Waals surface area contributed by atoms with Gasteiger partial charge < -0.3 is 15.0 Å². The smallest absolute Gasteiger partial charge is 0.180 e. The molecule has 0 amide bonds. The highest BCUT2D eigenvalue weighted by Gasteiger charge is 2.12. The van der Waals surface area contributed by atoms with Crippen molar-refractivity contribution in [2.45, 2.75) is 0 Å². The van der Waals surface area contributed by atoms with Gasteiger partial charge in [-0.25, -0.2) is 14.4 Å². The Labute approximate surface area is 119 Å². The second kappa shape index (κ2) is 5.09. The minimum Gasteiger partial charge on any atom is -0.372 e. The first-order chi connectivity index (χ1) is 10.2. The Hall–Kier alpha value is -3.14. The van der Waals surface area contributed by atoms with Crippen LogP contribution < -0.4 is 10.6 Å². The van der Waals surface area contributed by atoms with Gasteiger partial charge in [0.05, 0.1) is 11.9 Å². The summed E-state index contributed by atoms with van der Waals surface area (Å²) in [5.41, 5.74) is 0.879. The number of benzene rings is 1. The number of fused-ring (bicyclic) bond motifs is 1. The molecule has 3 rings (SSSR count). The molecule has 0 atom stereocenters. The van der Waals surface area contributed by atoms with Gasteiger partial charge in [0.15, 0.2) is 11.5 Å². The Morgan fingerprint density at radius 3 is 3.00 bits per heavy atom. The molecule has 0 saturated carbocycles. The summed E-state index contributed by atoms with van der Waals surface area (Å²) >= 11 is 0. The maximum atomic E-state index is 13.6. The van der Waals surface area contributed by atoms with Crippen molar-refractivity contribution in [1.29, 1.82) is 5.26 Å². The fourth-order valence-corrected chi connectivity index (χ4v) is 2.01. The quantitative estimate of drug-likeness (QED) is 0.771. The van der Waals surface area contributed by atoms with Gasteiger partial charge in [0, 0.05) is 19.4 Å². The number of nitrogens with zero attached hydrogens (tertiary/aromatic N) is 4. The number of rotatable bonds is 3. The van der Waals surface area contributed by atoms with Gasteiger partial charge in [-0.3, -0.25) is 0 Å². The van der Waals surface area contributed by atoms with Gasteiger partial charge >= 0.3 is 0 Å². The predicted molar refractivity (Wildman–Crippen MR) is 76.9 cm³/mol. The highest BCUT2D eigenvalue weighted by molar-refractivity contribution is 5.74. The van der Waals surface area contributed by atoms with Crippen LogP contribution in [0.4, 0.5) is 21.7 Å². The number of halogens is 1. The Bertz CT molecular complexity index is 848. The zero-order valence-corrected chi connectivity index (χ0v) is 11.1. The molecule has 0 radical (unpaired) electrons. The standard InChI is InChI=1S/C14H11FN6/c1-17-12-8-21-6-5-18-14(21)13(20-12)19-11-4-2-3-10(15)9(11)7-16/h2-6,8,17H,1H3,(H,19,20). The van der Waals surface area contributed by atoms with Crippen molar-refractivity contribution in [3.05, 3.63) is 48.2 Å². The molecule has 0 spiro atoms. The molecule has 0 bridgehead atoms. The third-order valence-corrected chi connectivity index (χ3v) is 3.01. The summed E-state index contributed by atoms with van der Waals surface area (Å²) in [5.74, 6) is 0.485. The summed E-state index contributed by atoms with van der Waals surface area (Å²) in [6.45, 7) is 0. The number of hydrogen-bond acceptors (Lipinski definition) is 5. The second-order valence-electron chi connectivity index (χ2n) is 4.28. The van der Waals surface area contributed by atoms with Gasteiger partial charge in [0.25, 0.3) is 0 Å². The number of imidazole rings is 1. The average Bonchev–Trinajstić information content (AvgIpc) is 2.96. The molecule has 6 nitrogen and oxygen atoms in total. The van der Waals surface area contributed by atoms with Crippen LogP contribution in [0.15, 0.2) is 36.8 Å². The van der Waals surface area contributed by atoms with Crippen molar-refractivity contribution in [3.63, 3.8) is 0 Å². The van der Waals surface area contributed by atoms with Crippen LogP contribution in [-0.4, -0.2) is 21.4 Å². The Morgan fingerprint density at radius 1 is 1.38 bits per heavy atom. The Morgan fingerprint density at radius 2 is 2.24 bits per heavy atom. The zero-order valence-electron chi connectivity index (χ0n) is 11.1. The molecule has 3 aromatic rings. The third kappa shape index (κ3) is 2.23. The average molecular weight is 282 g/mol. The van der Waals surface area contributed by atoms with Gasteiger partial charge in [-0.05, 0) is 12.1 Å². The lowest BCUT2D eigenvalue weighted by Crippen LogP contribution is -2.04. The van der Waals surface area contributed by atoms with Crippen LogP contribution in [0.2, 0.25) is 0 Å². The normalized spacial score (nSPS) is 10.3. The van der Waals surface area contributed by atoms with Crippen molar-refractivity contribution in [1.82, 2.24) is 14.4 Å². The Kier molecular flexibility index (Phi) is 3.12. The van der Waals surface area contributed by atoms with E-state index < -0.39 is 5.82 Å². The summed E-state index contributed by atoms with van der Waals surface area (Å²) in [5, 5.41) is 15.0. The van der Waals surface area contributed by atoms with E-state index in [-0.39, 0.29) is 5.56 Å². The SMILES string of the molecule is CNc1cn2ccnc2c(Nc2cccc(F)c2C#N)n1. The molecule has 21 heavy (non-hydrogen) atoms. The molecule has 0 unspecified atom stereocenters. The summed E-state index contributed by atoms with van der Waals surface area (Å²) < 4.78 is 15.4. The molecule has 104 valence electrons. The minimum atomic E-state index is -0.577. The minimum absolute atomic E-state index is 0.0566. The molecule has 0 saturated heterocycles. The molecule has 2 aromatic heterocycles. The second-order valence-corrected chi connectivity index (χ2v) is 4.28. The van der Waals surface area contributed by atoms with Gasteiger partial charge in [0.1, 0.15) is 23.3 Å². The van der Waals surface area contributed by atoms with Gasteiger partial charge in [-0.1, -0.05) is 6.07 Å². The summed E-state index contributed by atoms with van der Waals surface area (Å²) in [7, 11) is 1.75. The van der Waals surface area contributed by atoms with E-state index >= 15 is 0 Å². The molecule has 7 heteroatoms. The maximum Gasteiger partial charge on any atom is 0.180 e. The van der Waals surface area contributed by atoms with E-state index in [1.54, 1.807) is 36.1 Å². The number of nitrogens with one attached hydrogen (secondary N) is 2. The zero-order chi connectivity index (χ0) is 14.8. The monoisotopic (exact) mass is 282 g/mol. The van der Waals surface area contributed by atoms with Crippen molar-refractivity contribution in [3.8, 4) is 6.07 Å². The first-order valence-electron chi connectivity index (χ1n) is 6.20. The number of hydrogen-bond donors (Lipinski definition) is 2. The molecule has 2 heterocycles. The largest absolute Gasteiger partial charge is 0.372 e. The number of aromatic nitrogens is 3. The lowest BCUT2D eigenvalue weighted by Gasteiger charge is -2.10. The van der Waals surface area contributed by atoms with E-state index in [0.717, 1.165) is 0 Å². The molecule has 0 aliphatic carbocycles. The number of nitriles is 1. The molecule has 0 aliphatic heterocycles. The summed E-state index contributed by atoms with van der Waals surface area (Å²) in [4.78, 5) is 8.56. The van der Waals surface area contributed by atoms with E-state index in [1.807, 2.05) is 6.07 Å². The first kappa shape index (κ1) is 12.9. The van der Waals surface area contributed by atoms with Crippen LogP contribution in [0, 0.1) is 17.1 Å². The topological polar surface area (TPSA) is 78.0 Å². The van der Waals surface area contributed by atoms with E-state index in [2.05, 4.69) is 20.6 Å². The molecule has 1 aromatic carbocycles. The molecular formula is C14H11FN6. The van der Waals surface area contributed by atoms with Crippen LogP contribution in [0.3, 0.4) is 0 Å². The maximum absolute atomic E-state index is 13.6. The van der Waals surface area contributed by atoms with Crippen LogP contribution in [0.25, 0.3) is 5.65 Å². The lowest BCUT2D eigenvalue weighted by molar-refractivity contribution is 0.624. The molecule has 0 aliphatic rings. The molecule has 0 fully saturated rings. The van der Waals surface area contributed by atoms with Crippen molar-refractivity contribution in [2.24, 2.45) is 0 Å². The van der Waals surface area contributed by atoms with Crippen LogP contribution in [0.5, 0.6) is 0 Å². The molecular weight excluding hydrogens is 271 g/mol. The lowest BCUT2D eigenvalue weighted by atomic mass is 10.2. The van der Waals surface area contributed by atoms with Crippen molar-refractivity contribution >= 4 is 23.0 Å². The van der Waals surface area contributed by atoms with E-state index in [0.29, 0.717) is 23.0 Å². The van der Waals surface area contributed by atoms with Gasteiger partial charge in [-0.2, -0.15) is 5.26 Å². The van der Waals surface area contributed by atoms with Crippen molar-refractivity contribution in [2.75, 3.05) is 17.7 Å². The first-order valence-corrected chi connectivity index (χ1v) is 6.20. The van der Waals surface area contributed by atoms with Gasteiger partial charge in [-0.15, -0.1) is 0 Å². The van der Waals surface area contributed by atoms with Crippen molar-refractivity contribution < 1.29 is 4.39 Å². The van der Waals surface area contributed by atoms with Crippen LogP contribution in [-0.2, 0) is 0 Å². The summed E-state index contributed by atoms with van der Waals surface area (Å²) in [6, 6.07) is 6.24. The highest BCUT2D eigenvalue weighted by atomic mass is 19.1. The Balaban J connectivity index is 2.12.